The average molecular weight is 368 g/mol. The summed E-state index contributed by atoms with van der Waals surface area (Å²) >= 11 is 1.80. The van der Waals surface area contributed by atoms with Gasteiger partial charge in [-0.05, 0) is 18.4 Å². The van der Waals surface area contributed by atoms with Gasteiger partial charge in [-0.25, -0.2) is 0 Å². The van der Waals surface area contributed by atoms with Gasteiger partial charge in [0.25, 0.3) is 5.91 Å². The highest BCUT2D eigenvalue weighted by atomic mass is 32.1. The topological polar surface area (TPSA) is 50.8 Å². The third kappa shape index (κ3) is 3.43. The van der Waals surface area contributed by atoms with Gasteiger partial charge in [-0.2, -0.15) is 0 Å². The summed E-state index contributed by atoms with van der Waals surface area (Å²) in [7, 11) is 0. The maximum atomic E-state index is 13.1. The molecule has 1 aromatic carbocycles. The third-order valence-corrected chi connectivity index (χ3v) is 5.76. The van der Waals surface area contributed by atoms with Gasteiger partial charge in [-0.1, -0.05) is 41.6 Å². The molecule has 0 bridgehead atoms. The van der Waals surface area contributed by atoms with Crippen LogP contribution in [0, 0.1) is 6.92 Å². The number of carbonyl (C=O) groups excluding carboxylic acids is 1. The molecule has 0 aliphatic carbocycles. The van der Waals surface area contributed by atoms with E-state index >= 15 is 0 Å². The molecule has 134 valence electrons. The van der Waals surface area contributed by atoms with Crippen LogP contribution in [0.2, 0.25) is 0 Å². The van der Waals surface area contributed by atoms with Crippen molar-refractivity contribution in [2.75, 3.05) is 26.2 Å². The Morgan fingerprint density at radius 3 is 2.65 bits per heavy atom. The minimum Gasteiger partial charge on any atom is -0.360 e. The Balaban J connectivity index is 1.47. The predicted octanol–water partition coefficient (Wildman–Crippen LogP) is 2.25. The van der Waals surface area contributed by atoms with E-state index in [0.717, 1.165) is 38.3 Å². The van der Waals surface area contributed by atoms with E-state index in [4.69, 9.17) is 4.52 Å². The van der Waals surface area contributed by atoms with E-state index in [2.05, 4.69) is 22.7 Å². The average Bonchev–Trinajstić information content (AvgIpc) is 3.32. The molecule has 1 N–H and O–H groups in total. The van der Waals surface area contributed by atoms with Gasteiger partial charge in [0, 0.05) is 5.56 Å². The Bertz CT molecular complexity index is 866. The number of thiophene rings is 1. The number of nitrogens with zero attached hydrogens (tertiary/aromatic N) is 2. The number of hydrogen-bond donors (Lipinski definition) is 1. The summed E-state index contributed by atoms with van der Waals surface area (Å²) in [4.78, 5) is 18.0. The van der Waals surface area contributed by atoms with Gasteiger partial charge in [-0.15, -0.1) is 11.3 Å². The molecular formula is C20H22N3O2S+. The standard InChI is InChI=1S/C20H21N3O2S/c1-15-18(19(21-25-15)16-6-3-2-4-7-16)20(24)23-11-9-22(10-12-23)14-17-8-5-13-26-17/h2-8,13H,9-12,14H2,1H3/p+1. The maximum absolute atomic E-state index is 13.1. The predicted molar refractivity (Wildman–Crippen MR) is 101 cm³/mol. The van der Waals surface area contributed by atoms with Crippen molar-refractivity contribution in [2.45, 2.75) is 13.5 Å². The van der Waals surface area contributed by atoms with Crippen LogP contribution in [0.4, 0.5) is 0 Å². The van der Waals surface area contributed by atoms with Crippen LogP contribution in [0.25, 0.3) is 11.3 Å². The molecule has 0 saturated carbocycles. The summed E-state index contributed by atoms with van der Waals surface area (Å²) in [6.07, 6.45) is 0. The highest BCUT2D eigenvalue weighted by Gasteiger charge is 2.30. The van der Waals surface area contributed by atoms with Crippen LogP contribution in [0.1, 0.15) is 21.0 Å². The Kier molecular flexibility index (Phi) is 4.86. The van der Waals surface area contributed by atoms with Crippen molar-refractivity contribution in [1.29, 1.82) is 0 Å². The van der Waals surface area contributed by atoms with Crippen LogP contribution in [0.5, 0.6) is 0 Å². The first-order valence-electron chi connectivity index (χ1n) is 8.89. The van der Waals surface area contributed by atoms with E-state index in [9.17, 15) is 4.79 Å². The molecular weight excluding hydrogens is 346 g/mol. The van der Waals surface area contributed by atoms with Crippen molar-refractivity contribution < 1.29 is 14.2 Å². The van der Waals surface area contributed by atoms with Gasteiger partial charge in [0.15, 0.2) is 0 Å². The molecule has 4 rings (SSSR count). The minimum absolute atomic E-state index is 0.0257. The summed E-state index contributed by atoms with van der Waals surface area (Å²) in [6, 6.07) is 14.0. The Labute approximate surface area is 156 Å². The number of hydrogen-bond acceptors (Lipinski definition) is 4. The van der Waals surface area contributed by atoms with Crippen molar-refractivity contribution in [3.8, 4) is 11.3 Å². The third-order valence-electron chi connectivity index (χ3n) is 4.89. The zero-order valence-electron chi connectivity index (χ0n) is 14.8. The molecule has 1 aliphatic heterocycles. The second kappa shape index (κ2) is 7.43. The number of piperazine rings is 1. The lowest BCUT2D eigenvalue weighted by molar-refractivity contribution is -0.917. The highest BCUT2D eigenvalue weighted by Crippen LogP contribution is 2.26. The molecule has 3 aromatic rings. The van der Waals surface area contributed by atoms with E-state index < -0.39 is 0 Å². The summed E-state index contributed by atoms with van der Waals surface area (Å²) < 4.78 is 5.35. The van der Waals surface area contributed by atoms with E-state index in [1.54, 1.807) is 11.3 Å². The summed E-state index contributed by atoms with van der Waals surface area (Å²) in [5, 5.41) is 6.26. The van der Waals surface area contributed by atoms with Crippen molar-refractivity contribution >= 4 is 17.2 Å². The molecule has 26 heavy (non-hydrogen) atoms. The molecule has 0 atom stereocenters. The van der Waals surface area contributed by atoms with Gasteiger partial charge >= 0.3 is 0 Å². The number of nitrogens with one attached hydrogen (secondary N) is 1. The number of quaternary nitrogens is 1. The number of carbonyl (C=O) groups is 1. The zero-order chi connectivity index (χ0) is 17.9. The lowest BCUT2D eigenvalue weighted by atomic mass is 10.0. The molecule has 1 aliphatic rings. The van der Waals surface area contributed by atoms with E-state index in [-0.39, 0.29) is 5.91 Å². The fraction of sp³-hybridized carbons (Fsp3) is 0.300. The van der Waals surface area contributed by atoms with Crippen molar-refractivity contribution in [2.24, 2.45) is 0 Å². The first kappa shape index (κ1) is 17.0. The number of aromatic nitrogens is 1. The van der Waals surface area contributed by atoms with Crippen LogP contribution in [-0.4, -0.2) is 42.1 Å². The van der Waals surface area contributed by atoms with Gasteiger partial charge in [0.1, 0.15) is 23.6 Å². The largest absolute Gasteiger partial charge is 0.360 e. The fourth-order valence-electron chi connectivity index (χ4n) is 3.44. The normalized spacial score (nSPS) is 15.3. The molecule has 2 aromatic heterocycles. The van der Waals surface area contributed by atoms with Gasteiger partial charge in [0.2, 0.25) is 0 Å². The molecule has 0 radical (unpaired) electrons. The summed E-state index contributed by atoms with van der Waals surface area (Å²) in [5.41, 5.74) is 2.15. The number of rotatable bonds is 4. The summed E-state index contributed by atoms with van der Waals surface area (Å²) in [5.74, 6) is 0.611. The number of benzene rings is 1. The summed E-state index contributed by atoms with van der Waals surface area (Å²) in [6.45, 7) is 6.31. The van der Waals surface area contributed by atoms with E-state index in [1.165, 1.54) is 9.78 Å². The lowest BCUT2D eigenvalue weighted by Crippen LogP contribution is -3.13. The van der Waals surface area contributed by atoms with Crippen molar-refractivity contribution in [3.63, 3.8) is 0 Å². The van der Waals surface area contributed by atoms with Gasteiger partial charge < -0.3 is 14.3 Å². The Morgan fingerprint density at radius 1 is 1.19 bits per heavy atom. The van der Waals surface area contributed by atoms with Gasteiger partial charge in [0.05, 0.1) is 31.1 Å². The van der Waals surface area contributed by atoms with Crippen LogP contribution in [-0.2, 0) is 6.54 Å². The molecule has 6 heteroatoms. The Morgan fingerprint density at radius 2 is 1.96 bits per heavy atom. The first-order valence-corrected chi connectivity index (χ1v) is 9.77. The SMILES string of the molecule is Cc1onc(-c2ccccc2)c1C(=O)N1CC[NH+](Cc2cccs2)CC1. The van der Waals surface area contributed by atoms with E-state index in [1.807, 2.05) is 42.2 Å². The lowest BCUT2D eigenvalue weighted by Gasteiger charge is -2.32. The van der Waals surface area contributed by atoms with Crippen molar-refractivity contribution in [3.05, 3.63) is 64.0 Å². The number of aryl methyl sites for hydroxylation is 1. The zero-order valence-corrected chi connectivity index (χ0v) is 15.6. The second-order valence-electron chi connectivity index (χ2n) is 6.63. The molecule has 1 amide bonds. The number of amides is 1. The van der Waals surface area contributed by atoms with Crippen molar-refractivity contribution in [1.82, 2.24) is 10.1 Å². The molecule has 3 heterocycles. The van der Waals surface area contributed by atoms with Crippen LogP contribution in [0.3, 0.4) is 0 Å². The van der Waals surface area contributed by atoms with Crippen LogP contribution >= 0.6 is 11.3 Å². The second-order valence-corrected chi connectivity index (χ2v) is 7.66. The smallest absolute Gasteiger partial charge is 0.260 e. The van der Waals surface area contributed by atoms with Crippen LogP contribution < -0.4 is 4.90 Å². The molecule has 0 spiro atoms. The minimum atomic E-state index is 0.0257. The molecule has 1 saturated heterocycles. The fourth-order valence-corrected chi connectivity index (χ4v) is 4.21. The van der Waals surface area contributed by atoms with Gasteiger partial charge in [-0.3, -0.25) is 4.79 Å². The molecule has 5 nitrogen and oxygen atoms in total. The Hall–Kier alpha value is -2.44. The monoisotopic (exact) mass is 368 g/mol. The van der Waals surface area contributed by atoms with Crippen LogP contribution in [0.15, 0.2) is 52.4 Å². The molecule has 1 fully saturated rings. The maximum Gasteiger partial charge on any atom is 0.260 e. The quantitative estimate of drug-likeness (QED) is 0.769. The van der Waals surface area contributed by atoms with E-state index in [0.29, 0.717) is 17.0 Å². The first-order chi connectivity index (χ1) is 12.7. The molecule has 0 unspecified atom stereocenters. The highest BCUT2D eigenvalue weighted by molar-refractivity contribution is 7.09.